The van der Waals surface area contributed by atoms with Crippen LogP contribution in [0.5, 0.6) is 0 Å². The van der Waals surface area contributed by atoms with Crippen LogP contribution in [-0.2, 0) is 10.0 Å². The highest BCUT2D eigenvalue weighted by atomic mass is 32.2. The van der Waals surface area contributed by atoms with E-state index in [1.807, 2.05) is 6.92 Å². The molecular formula is C13H20N2O4S. The van der Waals surface area contributed by atoms with Crippen LogP contribution in [0.3, 0.4) is 0 Å². The molecule has 1 aromatic carbocycles. The Labute approximate surface area is 119 Å². The first-order valence-electron chi connectivity index (χ1n) is 6.43. The van der Waals surface area contributed by atoms with Crippen molar-refractivity contribution in [2.24, 2.45) is 0 Å². The van der Waals surface area contributed by atoms with Crippen molar-refractivity contribution in [2.45, 2.75) is 25.2 Å². The van der Waals surface area contributed by atoms with Crippen molar-refractivity contribution >= 4 is 16.0 Å². The minimum atomic E-state index is -3.66. The maximum Gasteiger partial charge on any atom is 0.335 e. The third-order valence-corrected chi connectivity index (χ3v) is 4.28. The van der Waals surface area contributed by atoms with Gasteiger partial charge in [-0.05, 0) is 44.1 Å². The molecule has 0 aromatic heterocycles. The zero-order valence-electron chi connectivity index (χ0n) is 11.6. The lowest BCUT2D eigenvalue weighted by Crippen LogP contribution is -2.27. The number of carbonyl (C=O) groups is 1. The highest BCUT2D eigenvalue weighted by Crippen LogP contribution is 2.15. The summed E-state index contributed by atoms with van der Waals surface area (Å²) in [5, 5.41) is 12.1. The van der Waals surface area contributed by atoms with Gasteiger partial charge in [0, 0.05) is 6.54 Å². The highest BCUT2D eigenvalue weighted by molar-refractivity contribution is 7.89. The van der Waals surface area contributed by atoms with Gasteiger partial charge >= 0.3 is 5.97 Å². The van der Waals surface area contributed by atoms with Gasteiger partial charge in [-0.1, -0.05) is 13.0 Å². The molecule has 0 aliphatic rings. The van der Waals surface area contributed by atoms with Crippen LogP contribution in [0.25, 0.3) is 0 Å². The number of hydrogen-bond acceptors (Lipinski definition) is 4. The molecule has 0 saturated heterocycles. The fraction of sp³-hybridized carbons (Fsp3) is 0.462. The summed E-state index contributed by atoms with van der Waals surface area (Å²) in [5.41, 5.74) is 0.532. The van der Waals surface area contributed by atoms with Crippen LogP contribution in [-0.4, -0.2) is 39.1 Å². The van der Waals surface area contributed by atoms with Crippen LogP contribution in [0.2, 0.25) is 0 Å². The van der Waals surface area contributed by atoms with Crippen molar-refractivity contribution in [1.82, 2.24) is 10.0 Å². The number of nitrogens with one attached hydrogen (secondary N) is 2. The lowest BCUT2D eigenvalue weighted by Gasteiger charge is -2.09. The van der Waals surface area contributed by atoms with Gasteiger partial charge in [0.05, 0.1) is 10.5 Å². The highest BCUT2D eigenvalue weighted by Gasteiger charge is 2.17. The predicted molar refractivity (Wildman–Crippen MR) is 76.5 cm³/mol. The van der Waals surface area contributed by atoms with E-state index in [0.29, 0.717) is 18.5 Å². The average molecular weight is 300 g/mol. The number of rotatable bonds is 8. The first-order valence-corrected chi connectivity index (χ1v) is 7.91. The van der Waals surface area contributed by atoms with Crippen LogP contribution in [0.15, 0.2) is 23.1 Å². The Hall–Kier alpha value is -1.44. The molecule has 0 radical (unpaired) electrons. The SMILES string of the molecule is CCNCCCNS(=O)(=O)c1ccc(C)c(C(=O)O)c1. The molecule has 112 valence electrons. The molecular weight excluding hydrogens is 280 g/mol. The second kappa shape index (κ2) is 7.37. The topological polar surface area (TPSA) is 95.5 Å². The number of carboxylic acids is 1. The van der Waals surface area contributed by atoms with E-state index in [1.54, 1.807) is 6.92 Å². The molecule has 0 bridgehead atoms. The third kappa shape index (κ3) is 4.59. The third-order valence-electron chi connectivity index (χ3n) is 2.82. The number of aromatic carboxylic acids is 1. The summed E-state index contributed by atoms with van der Waals surface area (Å²) in [7, 11) is -3.66. The van der Waals surface area contributed by atoms with E-state index in [1.165, 1.54) is 18.2 Å². The second-order valence-corrected chi connectivity index (χ2v) is 6.15. The van der Waals surface area contributed by atoms with E-state index in [9.17, 15) is 13.2 Å². The number of benzene rings is 1. The molecule has 1 rings (SSSR count). The molecule has 0 aliphatic carbocycles. The average Bonchev–Trinajstić information content (AvgIpc) is 2.38. The summed E-state index contributed by atoms with van der Waals surface area (Å²) < 4.78 is 26.5. The first kappa shape index (κ1) is 16.6. The predicted octanol–water partition coefficient (Wildman–Crippen LogP) is 0.971. The quantitative estimate of drug-likeness (QED) is 0.622. The van der Waals surface area contributed by atoms with Crippen LogP contribution >= 0.6 is 0 Å². The van der Waals surface area contributed by atoms with Crippen molar-refractivity contribution < 1.29 is 18.3 Å². The molecule has 7 heteroatoms. The summed E-state index contributed by atoms with van der Waals surface area (Å²) in [5.74, 6) is -1.13. The largest absolute Gasteiger partial charge is 0.478 e. The van der Waals surface area contributed by atoms with Gasteiger partial charge in [0.15, 0.2) is 0 Å². The van der Waals surface area contributed by atoms with Gasteiger partial charge in [0.1, 0.15) is 0 Å². The zero-order valence-corrected chi connectivity index (χ0v) is 12.5. The summed E-state index contributed by atoms with van der Waals surface area (Å²) >= 11 is 0. The Morgan fingerprint density at radius 3 is 2.60 bits per heavy atom. The summed E-state index contributed by atoms with van der Waals surface area (Å²) in [6, 6.07) is 4.09. The maximum atomic E-state index is 12.0. The summed E-state index contributed by atoms with van der Waals surface area (Å²) in [6.45, 7) is 5.49. The van der Waals surface area contributed by atoms with Crippen LogP contribution in [0.4, 0.5) is 0 Å². The molecule has 1 aromatic rings. The van der Waals surface area contributed by atoms with Gasteiger partial charge in [-0.3, -0.25) is 0 Å². The molecule has 0 amide bonds. The van der Waals surface area contributed by atoms with E-state index in [2.05, 4.69) is 10.0 Å². The smallest absolute Gasteiger partial charge is 0.335 e. The number of hydrogen-bond donors (Lipinski definition) is 3. The number of aryl methyl sites for hydroxylation is 1. The lowest BCUT2D eigenvalue weighted by molar-refractivity contribution is 0.0696. The van der Waals surface area contributed by atoms with Crippen LogP contribution in [0.1, 0.15) is 29.3 Å². The van der Waals surface area contributed by atoms with Gasteiger partial charge in [0.2, 0.25) is 10.0 Å². The molecule has 0 aliphatic heterocycles. The fourth-order valence-electron chi connectivity index (χ4n) is 1.68. The first-order chi connectivity index (χ1) is 9.38. The monoisotopic (exact) mass is 300 g/mol. The Balaban J connectivity index is 2.77. The summed E-state index contributed by atoms with van der Waals surface area (Å²) in [6.07, 6.45) is 0.671. The molecule has 3 N–H and O–H groups in total. The Kier molecular flexibility index (Phi) is 6.12. The van der Waals surface area contributed by atoms with E-state index in [4.69, 9.17) is 5.11 Å². The zero-order chi connectivity index (χ0) is 15.2. The van der Waals surface area contributed by atoms with Crippen molar-refractivity contribution in [3.05, 3.63) is 29.3 Å². The molecule has 0 saturated carbocycles. The van der Waals surface area contributed by atoms with E-state index in [-0.39, 0.29) is 10.5 Å². The molecule has 0 heterocycles. The van der Waals surface area contributed by atoms with Gasteiger partial charge in [0.25, 0.3) is 0 Å². The number of sulfonamides is 1. The Morgan fingerprint density at radius 2 is 2.00 bits per heavy atom. The normalized spacial score (nSPS) is 11.5. The molecule has 20 heavy (non-hydrogen) atoms. The molecule has 0 atom stereocenters. The van der Waals surface area contributed by atoms with E-state index >= 15 is 0 Å². The van der Waals surface area contributed by atoms with Crippen molar-refractivity contribution in [1.29, 1.82) is 0 Å². The Morgan fingerprint density at radius 1 is 1.30 bits per heavy atom. The molecule has 0 fully saturated rings. The molecule has 0 spiro atoms. The van der Waals surface area contributed by atoms with Gasteiger partial charge in [-0.15, -0.1) is 0 Å². The van der Waals surface area contributed by atoms with Crippen molar-refractivity contribution in [3.63, 3.8) is 0 Å². The van der Waals surface area contributed by atoms with E-state index in [0.717, 1.165) is 13.1 Å². The Bertz CT molecular complexity index is 570. The minimum absolute atomic E-state index is 0.000486. The van der Waals surface area contributed by atoms with Gasteiger partial charge in [-0.25, -0.2) is 17.9 Å². The van der Waals surface area contributed by atoms with Crippen LogP contribution in [0, 0.1) is 6.92 Å². The van der Waals surface area contributed by atoms with E-state index < -0.39 is 16.0 Å². The lowest BCUT2D eigenvalue weighted by atomic mass is 10.1. The van der Waals surface area contributed by atoms with Crippen molar-refractivity contribution in [2.75, 3.05) is 19.6 Å². The number of carboxylic acid groups (broad SMARTS) is 1. The molecule has 0 unspecified atom stereocenters. The van der Waals surface area contributed by atoms with Crippen molar-refractivity contribution in [3.8, 4) is 0 Å². The maximum absolute atomic E-state index is 12.0. The fourth-order valence-corrected chi connectivity index (χ4v) is 2.78. The minimum Gasteiger partial charge on any atom is -0.478 e. The standard InChI is InChI=1S/C13H20N2O4S/c1-3-14-7-4-8-15-20(18,19)11-6-5-10(2)12(9-11)13(16)17/h5-6,9,14-15H,3-4,7-8H2,1-2H3,(H,16,17). The van der Waals surface area contributed by atoms with Crippen LogP contribution < -0.4 is 10.0 Å². The summed E-state index contributed by atoms with van der Waals surface area (Å²) in [4.78, 5) is 11.0. The van der Waals surface area contributed by atoms with Gasteiger partial charge in [-0.2, -0.15) is 0 Å². The molecule has 6 nitrogen and oxygen atoms in total. The second-order valence-electron chi connectivity index (χ2n) is 4.39. The van der Waals surface area contributed by atoms with Gasteiger partial charge < -0.3 is 10.4 Å².